The van der Waals surface area contributed by atoms with E-state index in [-0.39, 0.29) is 11.7 Å². The quantitative estimate of drug-likeness (QED) is 0.562. The zero-order valence-corrected chi connectivity index (χ0v) is 11.3. The number of hydrogen-bond acceptors (Lipinski definition) is 5. The van der Waals surface area contributed by atoms with Crippen LogP contribution in [0.15, 0.2) is 11.8 Å². The Bertz CT molecular complexity index is 332. The Morgan fingerprint density at radius 3 is 2.22 bits per heavy atom. The second kappa shape index (κ2) is 7.03. The van der Waals surface area contributed by atoms with E-state index in [2.05, 4.69) is 4.74 Å². The van der Waals surface area contributed by atoms with E-state index in [4.69, 9.17) is 4.74 Å². The minimum absolute atomic E-state index is 0.260. The van der Waals surface area contributed by atoms with Gasteiger partial charge >= 0.3 is 11.9 Å². The average molecular weight is 255 g/mol. The van der Waals surface area contributed by atoms with Crippen molar-refractivity contribution in [2.45, 2.75) is 38.1 Å². The van der Waals surface area contributed by atoms with E-state index in [1.54, 1.807) is 0 Å². The molecule has 0 aromatic rings. The standard InChI is InChI=1S/C13H21NO4/c1-14(10-7-5-4-6-8-10)11(13(16)18-3)9-12(15)17-2/h9-10H,4-8H2,1-3H3/b11-9+. The molecule has 0 atom stereocenters. The summed E-state index contributed by atoms with van der Waals surface area (Å²) < 4.78 is 9.28. The van der Waals surface area contributed by atoms with Crippen molar-refractivity contribution in [1.82, 2.24) is 4.90 Å². The Labute approximate surface area is 108 Å². The lowest BCUT2D eigenvalue weighted by Gasteiger charge is -2.33. The van der Waals surface area contributed by atoms with Crippen molar-refractivity contribution < 1.29 is 19.1 Å². The number of hydrogen-bond donors (Lipinski definition) is 0. The van der Waals surface area contributed by atoms with Gasteiger partial charge in [-0.1, -0.05) is 19.3 Å². The number of carbonyl (C=O) groups excluding carboxylic acids is 2. The monoisotopic (exact) mass is 255 g/mol. The highest BCUT2D eigenvalue weighted by molar-refractivity contribution is 5.95. The van der Waals surface area contributed by atoms with E-state index in [0.29, 0.717) is 0 Å². The molecule has 0 aromatic heterocycles. The van der Waals surface area contributed by atoms with E-state index in [1.165, 1.54) is 26.7 Å². The first-order chi connectivity index (χ1) is 8.60. The van der Waals surface area contributed by atoms with Gasteiger partial charge in [-0.15, -0.1) is 0 Å². The van der Waals surface area contributed by atoms with Crippen LogP contribution in [0, 0.1) is 0 Å². The molecule has 0 spiro atoms. The van der Waals surface area contributed by atoms with Crippen LogP contribution in [-0.2, 0) is 19.1 Å². The smallest absolute Gasteiger partial charge is 0.354 e. The van der Waals surface area contributed by atoms with E-state index in [1.807, 2.05) is 11.9 Å². The first-order valence-corrected chi connectivity index (χ1v) is 6.21. The fraction of sp³-hybridized carbons (Fsp3) is 0.692. The molecule has 18 heavy (non-hydrogen) atoms. The van der Waals surface area contributed by atoms with Gasteiger partial charge in [0.05, 0.1) is 20.3 Å². The molecule has 1 fully saturated rings. The lowest BCUT2D eigenvalue weighted by molar-refractivity contribution is -0.140. The van der Waals surface area contributed by atoms with E-state index < -0.39 is 11.9 Å². The van der Waals surface area contributed by atoms with Crippen LogP contribution in [0.25, 0.3) is 0 Å². The highest BCUT2D eigenvalue weighted by atomic mass is 16.5. The summed E-state index contributed by atoms with van der Waals surface area (Å²) in [7, 11) is 4.41. The molecule has 0 heterocycles. The molecule has 0 aromatic carbocycles. The topological polar surface area (TPSA) is 55.8 Å². The summed E-state index contributed by atoms with van der Waals surface area (Å²) in [6.45, 7) is 0. The van der Waals surface area contributed by atoms with Crippen LogP contribution in [0.4, 0.5) is 0 Å². The third kappa shape index (κ3) is 3.75. The zero-order chi connectivity index (χ0) is 13.5. The summed E-state index contributed by atoms with van der Waals surface area (Å²) in [5.41, 5.74) is 0.260. The third-order valence-corrected chi connectivity index (χ3v) is 3.35. The first-order valence-electron chi connectivity index (χ1n) is 6.21. The number of nitrogens with zero attached hydrogens (tertiary/aromatic N) is 1. The highest BCUT2D eigenvalue weighted by Gasteiger charge is 2.25. The summed E-state index contributed by atoms with van der Waals surface area (Å²) in [5, 5.41) is 0. The van der Waals surface area contributed by atoms with Gasteiger partial charge in [0.15, 0.2) is 0 Å². The minimum Gasteiger partial charge on any atom is -0.466 e. The largest absolute Gasteiger partial charge is 0.466 e. The fourth-order valence-corrected chi connectivity index (χ4v) is 2.24. The number of ether oxygens (including phenoxy) is 2. The molecule has 5 heteroatoms. The maximum Gasteiger partial charge on any atom is 0.354 e. The SMILES string of the molecule is COC(=O)/C=C(\C(=O)OC)N(C)C1CCCCC1. The van der Waals surface area contributed by atoms with Gasteiger partial charge in [0, 0.05) is 13.1 Å². The number of methoxy groups -OCH3 is 2. The van der Waals surface area contributed by atoms with Crippen molar-refractivity contribution in [2.24, 2.45) is 0 Å². The van der Waals surface area contributed by atoms with Crippen LogP contribution in [0.2, 0.25) is 0 Å². The van der Waals surface area contributed by atoms with Gasteiger partial charge in [-0.25, -0.2) is 9.59 Å². The van der Waals surface area contributed by atoms with E-state index >= 15 is 0 Å². The maximum absolute atomic E-state index is 11.7. The van der Waals surface area contributed by atoms with Gasteiger partial charge < -0.3 is 14.4 Å². The zero-order valence-electron chi connectivity index (χ0n) is 11.3. The molecule has 1 rings (SSSR count). The minimum atomic E-state index is -0.543. The maximum atomic E-state index is 11.7. The molecule has 0 N–H and O–H groups in total. The number of likely N-dealkylation sites (N-methyl/N-ethyl adjacent to an activating group) is 1. The molecule has 5 nitrogen and oxygen atoms in total. The third-order valence-electron chi connectivity index (χ3n) is 3.35. The lowest BCUT2D eigenvalue weighted by atomic mass is 9.94. The molecule has 1 aliphatic rings. The summed E-state index contributed by atoms with van der Waals surface area (Å²) >= 11 is 0. The summed E-state index contributed by atoms with van der Waals surface area (Å²) in [6, 6.07) is 0.286. The van der Waals surface area contributed by atoms with Gasteiger partial charge in [-0.3, -0.25) is 0 Å². The lowest BCUT2D eigenvalue weighted by Crippen LogP contribution is -2.36. The van der Waals surface area contributed by atoms with Crippen molar-refractivity contribution in [2.75, 3.05) is 21.3 Å². The van der Waals surface area contributed by atoms with E-state index in [0.717, 1.165) is 25.7 Å². The first kappa shape index (κ1) is 14.5. The second-order valence-corrected chi connectivity index (χ2v) is 4.45. The Morgan fingerprint density at radius 2 is 1.72 bits per heavy atom. The Hall–Kier alpha value is -1.52. The molecule has 1 saturated carbocycles. The average Bonchev–Trinajstić information content (AvgIpc) is 2.43. The van der Waals surface area contributed by atoms with Crippen molar-refractivity contribution >= 4 is 11.9 Å². The van der Waals surface area contributed by atoms with Gasteiger partial charge in [0.1, 0.15) is 5.70 Å². The molecule has 0 amide bonds. The summed E-state index contributed by atoms with van der Waals surface area (Å²) in [6.07, 6.45) is 6.81. The normalized spacial score (nSPS) is 17.2. The van der Waals surface area contributed by atoms with Gasteiger partial charge in [0.25, 0.3) is 0 Å². The molecule has 1 aliphatic carbocycles. The molecule has 0 aliphatic heterocycles. The predicted octanol–water partition coefficient (Wildman–Crippen LogP) is 1.48. The van der Waals surface area contributed by atoms with E-state index in [9.17, 15) is 9.59 Å². The number of carbonyl (C=O) groups is 2. The predicted molar refractivity (Wildman–Crippen MR) is 66.8 cm³/mol. The summed E-state index contributed by atoms with van der Waals surface area (Å²) in [5.74, 6) is -1.05. The number of esters is 2. The summed E-state index contributed by atoms with van der Waals surface area (Å²) in [4.78, 5) is 24.8. The van der Waals surface area contributed by atoms with Crippen LogP contribution in [0.1, 0.15) is 32.1 Å². The Kier molecular flexibility index (Phi) is 5.68. The molecular formula is C13H21NO4. The van der Waals surface area contributed by atoms with Gasteiger partial charge in [0.2, 0.25) is 0 Å². The molecule has 102 valence electrons. The van der Waals surface area contributed by atoms with Crippen molar-refractivity contribution in [3.05, 3.63) is 11.8 Å². The van der Waals surface area contributed by atoms with Crippen molar-refractivity contribution in [3.8, 4) is 0 Å². The highest BCUT2D eigenvalue weighted by Crippen LogP contribution is 2.24. The molecule has 0 radical (unpaired) electrons. The Balaban J connectivity index is 2.84. The number of rotatable bonds is 4. The Morgan fingerprint density at radius 1 is 1.11 bits per heavy atom. The van der Waals surface area contributed by atoms with Crippen LogP contribution in [0.3, 0.4) is 0 Å². The second-order valence-electron chi connectivity index (χ2n) is 4.45. The van der Waals surface area contributed by atoms with Crippen molar-refractivity contribution in [3.63, 3.8) is 0 Å². The van der Waals surface area contributed by atoms with Gasteiger partial charge in [-0.2, -0.15) is 0 Å². The van der Waals surface area contributed by atoms with Crippen molar-refractivity contribution in [1.29, 1.82) is 0 Å². The van der Waals surface area contributed by atoms with Crippen LogP contribution in [-0.4, -0.2) is 44.1 Å². The molecular weight excluding hydrogens is 234 g/mol. The van der Waals surface area contributed by atoms with Gasteiger partial charge in [-0.05, 0) is 12.8 Å². The van der Waals surface area contributed by atoms with Crippen LogP contribution < -0.4 is 0 Å². The molecule has 0 saturated heterocycles. The molecule has 0 bridgehead atoms. The fourth-order valence-electron chi connectivity index (χ4n) is 2.24. The molecule has 0 unspecified atom stereocenters. The van der Waals surface area contributed by atoms with Crippen LogP contribution >= 0.6 is 0 Å². The van der Waals surface area contributed by atoms with Crippen LogP contribution in [0.5, 0.6) is 0 Å².